The van der Waals surface area contributed by atoms with Crippen LogP contribution >= 0.6 is 0 Å². The Bertz CT molecular complexity index is 1320. The highest BCUT2D eigenvalue weighted by molar-refractivity contribution is 5.95. The number of aliphatic carboxylic acids is 1. The molecule has 0 aliphatic carbocycles. The number of likely N-dealkylation sites (tertiary alicyclic amines) is 1. The van der Waals surface area contributed by atoms with Crippen LogP contribution in [0.1, 0.15) is 31.0 Å². The van der Waals surface area contributed by atoms with Gasteiger partial charge in [0.2, 0.25) is 17.7 Å². The number of carbonyl (C=O) groups excluding carboxylic acids is 3. The van der Waals surface area contributed by atoms with E-state index in [0.717, 1.165) is 16.5 Å². The van der Waals surface area contributed by atoms with E-state index in [0.29, 0.717) is 18.5 Å². The predicted molar refractivity (Wildman–Crippen MR) is 140 cm³/mol. The van der Waals surface area contributed by atoms with Gasteiger partial charge in [-0.1, -0.05) is 18.2 Å². The topological polar surface area (TPSA) is 207 Å². The molecule has 39 heavy (non-hydrogen) atoms. The number of fused-ring (bicyclic) bond motifs is 1. The predicted octanol–water partition coefficient (Wildman–Crippen LogP) is -0.570. The first-order valence-electron chi connectivity index (χ1n) is 12.8. The molecule has 3 amide bonds. The molecule has 8 N–H and O–H groups in total. The highest BCUT2D eigenvalue weighted by atomic mass is 16.4. The number of carboxylic acid groups (broad SMARTS) is 1. The number of hydrogen-bond acceptors (Lipinski definition) is 7. The molecule has 5 unspecified atom stereocenters. The molecule has 1 aliphatic rings. The second-order valence-electron chi connectivity index (χ2n) is 9.77. The third-order valence-electron chi connectivity index (χ3n) is 6.93. The van der Waals surface area contributed by atoms with Crippen molar-refractivity contribution in [1.82, 2.24) is 30.5 Å². The molecule has 13 nitrogen and oxygen atoms in total. The Morgan fingerprint density at radius 1 is 1.18 bits per heavy atom. The Hall–Kier alpha value is -4.23. The number of aliphatic hydroxyl groups excluding tert-OH is 1. The van der Waals surface area contributed by atoms with Crippen molar-refractivity contribution in [3.63, 3.8) is 0 Å². The van der Waals surface area contributed by atoms with Crippen LogP contribution in [-0.4, -0.2) is 90.6 Å². The summed E-state index contributed by atoms with van der Waals surface area (Å²) in [7, 11) is 0. The summed E-state index contributed by atoms with van der Waals surface area (Å²) in [6, 6.07) is 2.94. The van der Waals surface area contributed by atoms with Crippen LogP contribution in [0, 0.1) is 0 Å². The summed E-state index contributed by atoms with van der Waals surface area (Å²) in [5.74, 6) is -3.11. The van der Waals surface area contributed by atoms with Crippen molar-refractivity contribution in [2.24, 2.45) is 5.73 Å². The summed E-state index contributed by atoms with van der Waals surface area (Å²) in [6.07, 6.45) is 4.45. The largest absolute Gasteiger partial charge is 0.480 e. The Labute approximate surface area is 224 Å². The van der Waals surface area contributed by atoms with Crippen LogP contribution in [0.15, 0.2) is 43.0 Å². The molecule has 0 radical (unpaired) electrons. The lowest BCUT2D eigenvalue weighted by atomic mass is 10.0. The Morgan fingerprint density at radius 3 is 2.64 bits per heavy atom. The standard InChI is InChI=1S/C26H33N7O6/c1-14(34)22(32-23(35)18(27)10-16-12-28-13-30-16)25(37)33-8-4-7-21(33)24(36)31-20(26(38)39)9-15-11-29-19-6-3-2-5-17(15)19/h2-3,5-6,11-14,18,20-22,29,34H,4,7-10,27H2,1H3,(H,28,30)(H,31,36)(H,32,35)(H,38,39). The van der Waals surface area contributed by atoms with Crippen molar-refractivity contribution in [2.75, 3.05) is 6.54 Å². The fourth-order valence-corrected chi connectivity index (χ4v) is 4.85. The first kappa shape index (κ1) is 27.8. The molecule has 2 aromatic heterocycles. The van der Waals surface area contributed by atoms with Crippen LogP contribution in [0.25, 0.3) is 10.9 Å². The Balaban J connectivity index is 1.42. The van der Waals surface area contributed by atoms with E-state index in [4.69, 9.17) is 5.73 Å². The number of imidazole rings is 1. The third kappa shape index (κ3) is 6.44. The van der Waals surface area contributed by atoms with Gasteiger partial charge >= 0.3 is 5.97 Å². The van der Waals surface area contributed by atoms with Gasteiger partial charge in [0.15, 0.2) is 0 Å². The SMILES string of the molecule is CC(O)C(NC(=O)C(N)Cc1cnc[nH]1)C(=O)N1CCCC1C(=O)NC(Cc1c[nH]c2ccccc12)C(=O)O. The van der Waals surface area contributed by atoms with Crippen molar-refractivity contribution < 1.29 is 29.4 Å². The van der Waals surface area contributed by atoms with Gasteiger partial charge in [-0.3, -0.25) is 14.4 Å². The van der Waals surface area contributed by atoms with Gasteiger partial charge in [0.05, 0.1) is 18.5 Å². The first-order chi connectivity index (χ1) is 18.7. The number of rotatable bonds is 11. The Morgan fingerprint density at radius 2 is 1.95 bits per heavy atom. The minimum Gasteiger partial charge on any atom is -0.480 e. The zero-order chi connectivity index (χ0) is 28.1. The maximum atomic E-state index is 13.4. The van der Waals surface area contributed by atoms with Crippen LogP contribution in [0.5, 0.6) is 0 Å². The molecule has 0 saturated carbocycles. The molecule has 3 aromatic rings. The second-order valence-corrected chi connectivity index (χ2v) is 9.77. The van der Waals surface area contributed by atoms with Crippen LogP contribution in [0.3, 0.4) is 0 Å². The number of nitrogens with one attached hydrogen (secondary N) is 4. The monoisotopic (exact) mass is 539 g/mol. The summed E-state index contributed by atoms with van der Waals surface area (Å²) in [6.45, 7) is 1.58. The van der Waals surface area contributed by atoms with Crippen molar-refractivity contribution in [1.29, 1.82) is 0 Å². The second kappa shape index (κ2) is 12.1. The summed E-state index contributed by atoms with van der Waals surface area (Å²) >= 11 is 0. The maximum Gasteiger partial charge on any atom is 0.326 e. The lowest BCUT2D eigenvalue weighted by molar-refractivity contribution is -0.146. The molecular weight excluding hydrogens is 506 g/mol. The van der Waals surface area contributed by atoms with Crippen LogP contribution in [-0.2, 0) is 32.0 Å². The van der Waals surface area contributed by atoms with E-state index in [1.165, 1.54) is 24.3 Å². The number of carboxylic acids is 1. The maximum absolute atomic E-state index is 13.4. The molecule has 208 valence electrons. The van der Waals surface area contributed by atoms with E-state index in [2.05, 4.69) is 25.6 Å². The summed E-state index contributed by atoms with van der Waals surface area (Å²) in [4.78, 5) is 62.4. The van der Waals surface area contributed by atoms with Gasteiger partial charge in [-0.15, -0.1) is 0 Å². The molecular formula is C26H33N7O6. The van der Waals surface area contributed by atoms with Gasteiger partial charge in [-0.25, -0.2) is 9.78 Å². The number of hydrogen-bond donors (Lipinski definition) is 7. The van der Waals surface area contributed by atoms with Gasteiger partial charge in [-0.2, -0.15) is 0 Å². The van der Waals surface area contributed by atoms with E-state index in [9.17, 15) is 29.4 Å². The lowest BCUT2D eigenvalue weighted by Crippen LogP contribution is -2.59. The number of nitrogens with zero attached hydrogens (tertiary/aromatic N) is 2. The smallest absolute Gasteiger partial charge is 0.326 e. The van der Waals surface area contributed by atoms with Crippen LogP contribution < -0.4 is 16.4 Å². The zero-order valence-electron chi connectivity index (χ0n) is 21.5. The van der Waals surface area contributed by atoms with E-state index >= 15 is 0 Å². The summed E-state index contributed by atoms with van der Waals surface area (Å²) in [5, 5.41) is 26.0. The number of H-pyrrole nitrogens is 2. The number of aliphatic hydroxyl groups is 1. The molecule has 0 spiro atoms. The number of aromatic amines is 2. The third-order valence-corrected chi connectivity index (χ3v) is 6.93. The van der Waals surface area contributed by atoms with Gasteiger partial charge in [0, 0.05) is 48.4 Å². The molecule has 1 saturated heterocycles. The molecule has 5 atom stereocenters. The average Bonchev–Trinajstić information content (AvgIpc) is 3.67. The van der Waals surface area contributed by atoms with E-state index < -0.39 is 54.0 Å². The summed E-state index contributed by atoms with van der Waals surface area (Å²) < 4.78 is 0. The van der Waals surface area contributed by atoms with Gasteiger partial charge < -0.3 is 41.4 Å². The number of benzene rings is 1. The average molecular weight is 540 g/mol. The van der Waals surface area contributed by atoms with Crippen LogP contribution in [0.4, 0.5) is 0 Å². The molecule has 4 rings (SSSR count). The quantitative estimate of drug-likeness (QED) is 0.167. The number of amides is 3. The minimum atomic E-state index is -1.33. The van der Waals surface area contributed by atoms with E-state index in [1.807, 2.05) is 24.3 Å². The van der Waals surface area contributed by atoms with E-state index in [1.54, 1.807) is 6.20 Å². The molecule has 3 heterocycles. The highest BCUT2D eigenvalue weighted by Gasteiger charge is 2.40. The number of para-hydroxylation sites is 1. The van der Waals surface area contributed by atoms with Crippen molar-refractivity contribution in [3.05, 3.63) is 54.2 Å². The highest BCUT2D eigenvalue weighted by Crippen LogP contribution is 2.22. The number of nitrogens with two attached hydrogens (primary N) is 1. The minimum absolute atomic E-state index is 0.0479. The van der Waals surface area contributed by atoms with E-state index in [-0.39, 0.29) is 19.4 Å². The van der Waals surface area contributed by atoms with Gasteiger partial charge in [-0.05, 0) is 31.4 Å². The molecule has 1 aromatic carbocycles. The molecule has 1 fully saturated rings. The molecule has 0 bridgehead atoms. The lowest BCUT2D eigenvalue weighted by Gasteiger charge is -2.31. The fraction of sp³-hybridized carbons (Fsp3) is 0.423. The number of aromatic nitrogens is 3. The fourth-order valence-electron chi connectivity index (χ4n) is 4.85. The van der Waals surface area contributed by atoms with Gasteiger partial charge in [0.25, 0.3) is 0 Å². The first-order valence-corrected chi connectivity index (χ1v) is 12.8. The van der Waals surface area contributed by atoms with Crippen LogP contribution in [0.2, 0.25) is 0 Å². The van der Waals surface area contributed by atoms with Crippen molar-refractivity contribution >= 4 is 34.6 Å². The van der Waals surface area contributed by atoms with Gasteiger partial charge in [0.1, 0.15) is 18.1 Å². The normalized spacial score (nSPS) is 18.3. The molecule has 1 aliphatic heterocycles. The summed E-state index contributed by atoms with van der Waals surface area (Å²) in [5.41, 5.74) is 8.19. The Kier molecular flexibility index (Phi) is 8.62. The van der Waals surface area contributed by atoms with Crippen molar-refractivity contribution in [3.8, 4) is 0 Å². The van der Waals surface area contributed by atoms with Crippen molar-refractivity contribution in [2.45, 2.75) is 62.9 Å². The molecule has 13 heteroatoms. The number of carbonyl (C=O) groups is 4. The zero-order valence-corrected chi connectivity index (χ0v) is 21.5.